The smallest absolute Gasteiger partial charge is 0.251 e. The lowest BCUT2D eigenvalue weighted by molar-refractivity contribution is 0.259. The number of rotatable bonds is 4. The summed E-state index contributed by atoms with van der Waals surface area (Å²) in [5.74, 6) is -0.559. The number of halogens is 2. The third kappa shape index (κ3) is 3.86. The predicted molar refractivity (Wildman–Crippen MR) is 121 cm³/mol. The monoisotopic (exact) mass is 451 g/mol. The number of hydrogen-bond donors (Lipinski definition) is 1. The van der Waals surface area contributed by atoms with Crippen molar-refractivity contribution in [2.24, 2.45) is 0 Å². The summed E-state index contributed by atoms with van der Waals surface area (Å²) in [6.07, 6.45) is 1.04. The maximum absolute atomic E-state index is 14.9. The first-order valence-corrected chi connectivity index (χ1v) is 10.7. The van der Waals surface area contributed by atoms with Crippen molar-refractivity contribution in [3.05, 3.63) is 64.2 Å². The van der Waals surface area contributed by atoms with Gasteiger partial charge >= 0.3 is 0 Å². The van der Waals surface area contributed by atoms with Gasteiger partial charge in [0.15, 0.2) is 11.6 Å². The fraction of sp³-hybridized carbons (Fsp3) is 0.304. The highest BCUT2D eigenvalue weighted by Gasteiger charge is 2.18. The molecule has 170 valence electrons. The van der Waals surface area contributed by atoms with E-state index in [-0.39, 0.29) is 34.2 Å². The summed E-state index contributed by atoms with van der Waals surface area (Å²) >= 11 is 0. The number of nitrogens with zero attached hydrogens (tertiary/aromatic N) is 6. The molecule has 0 aliphatic carbocycles. The van der Waals surface area contributed by atoms with E-state index in [9.17, 15) is 13.6 Å². The predicted octanol–water partition coefficient (Wildman–Crippen LogP) is 3.70. The van der Waals surface area contributed by atoms with Crippen molar-refractivity contribution < 1.29 is 8.78 Å². The Kier molecular flexibility index (Phi) is 5.16. The maximum atomic E-state index is 14.9. The molecule has 0 saturated heterocycles. The maximum Gasteiger partial charge on any atom is 0.251 e. The van der Waals surface area contributed by atoms with Crippen molar-refractivity contribution in [1.82, 2.24) is 29.2 Å². The van der Waals surface area contributed by atoms with Crippen molar-refractivity contribution in [2.75, 3.05) is 18.9 Å². The highest BCUT2D eigenvalue weighted by atomic mass is 19.1. The van der Waals surface area contributed by atoms with Gasteiger partial charge in [0, 0.05) is 42.2 Å². The minimum atomic E-state index is -0.695. The van der Waals surface area contributed by atoms with Crippen LogP contribution in [0.25, 0.3) is 22.2 Å². The van der Waals surface area contributed by atoms with Crippen LogP contribution in [-0.4, -0.2) is 42.8 Å². The quantitative estimate of drug-likeness (QED) is 0.510. The van der Waals surface area contributed by atoms with Crippen LogP contribution in [0.2, 0.25) is 0 Å². The molecule has 0 spiro atoms. The van der Waals surface area contributed by atoms with E-state index in [1.807, 2.05) is 31.6 Å². The summed E-state index contributed by atoms with van der Waals surface area (Å²) in [4.78, 5) is 22.9. The molecule has 4 heterocycles. The molecule has 5 rings (SSSR count). The molecular formula is C23H23F2N7O. The van der Waals surface area contributed by atoms with Crippen LogP contribution in [0.3, 0.4) is 0 Å². The van der Waals surface area contributed by atoms with Gasteiger partial charge in [-0.25, -0.2) is 18.7 Å². The van der Waals surface area contributed by atoms with Crippen molar-refractivity contribution in [3.63, 3.8) is 0 Å². The Hall–Kier alpha value is -3.66. The number of aromatic nitrogens is 5. The van der Waals surface area contributed by atoms with Crippen LogP contribution in [0.5, 0.6) is 0 Å². The van der Waals surface area contributed by atoms with Gasteiger partial charge in [0.2, 0.25) is 5.95 Å². The van der Waals surface area contributed by atoms with E-state index < -0.39 is 11.6 Å². The van der Waals surface area contributed by atoms with Crippen molar-refractivity contribution in [1.29, 1.82) is 0 Å². The molecule has 3 aromatic heterocycles. The number of pyridine rings is 1. The Morgan fingerprint density at radius 2 is 1.91 bits per heavy atom. The van der Waals surface area contributed by atoms with Crippen molar-refractivity contribution in [3.8, 4) is 11.3 Å². The average molecular weight is 451 g/mol. The number of nitrogens with one attached hydrogen (secondary N) is 1. The topological polar surface area (TPSA) is 80.9 Å². The largest absolute Gasteiger partial charge is 0.307 e. The van der Waals surface area contributed by atoms with Gasteiger partial charge in [-0.15, -0.1) is 0 Å². The molecule has 10 heteroatoms. The standard InChI is InChI=1S/C23H23F2N7O/c1-13(2)32-19-9-14(8-17(24)16(19)4-5-21(32)33)22-18(25)11-26-23(28-22)27-20-10-15-12-30(3)6-7-31(15)29-20/h4-5,8-11,13H,6-7,12H2,1-3H3,(H,26,27,28,29). The summed E-state index contributed by atoms with van der Waals surface area (Å²) in [5.41, 5.74) is 1.33. The molecule has 1 aromatic carbocycles. The fourth-order valence-electron chi connectivity index (χ4n) is 4.19. The van der Waals surface area contributed by atoms with E-state index in [0.717, 1.165) is 31.5 Å². The lowest BCUT2D eigenvalue weighted by Gasteiger charge is -2.22. The lowest BCUT2D eigenvalue weighted by Crippen LogP contribution is -2.30. The second kappa shape index (κ2) is 8.04. The number of likely N-dealkylation sites (N-methyl/N-ethyl adjacent to an activating group) is 1. The molecule has 1 N–H and O–H groups in total. The second-order valence-electron chi connectivity index (χ2n) is 8.52. The average Bonchev–Trinajstić information content (AvgIpc) is 3.15. The van der Waals surface area contributed by atoms with Crippen LogP contribution in [0.15, 0.2) is 41.3 Å². The van der Waals surface area contributed by atoms with Crippen LogP contribution in [-0.2, 0) is 13.1 Å². The molecule has 0 saturated carbocycles. The second-order valence-corrected chi connectivity index (χ2v) is 8.52. The molecule has 4 aromatic rings. The van der Waals surface area contributed by atoms with E-state index in [4.69, 9.17) is 0 Å². The van der Waals surface area contributed by atoms with Gasteiger partial charge in [-0.3, -0.25) is 14.4 Å². The van der Waals surface area contributed by atoms with Gasteiger partial charge in [-0.05, 0) is 39.1 Å². The molecule has 8 nitrogen and oxygen atoms in total. The molecule has 0 bridgehead atoms. The van der Waals surface area contributed by atoms with Crippen molar-refractivity contribution >= 4 is 22.7 Å². The van der Waals surface area contributed by atoms with Crippen LogP contribution in [0.1, 0.15) is 25.6 Å². The molecule has 33 heavy (non-hydrogen) atoms. The molecule has 1 aliphatic rings. The fourth-order valence-corrected chi connectivity index (χ4v) is 4.19. The van der Waals surface area contributed by atoms with E-state index in [1.165, 1.54) is 22.8 Å². The molecule has 0 radical (unpaired) electrons. The SMILES string of the molecule is CC(C)n1c(=O)ccc2c(F)cc(-c3nc(Nc4cc5n(n4)CCN(C)C5)ncc3F)cc21. The first-order valence-electron chi connectivity index (χ1n) is 10.7. The Balaban J connectivity index is 1.56. The zero-order valence-corrected chi connectivity index (χ0v) is 18.5. The molecule has 0 unspecified atom stereocenters. The highest BCUT2D eigenvalue weighted by molar-refractivity contribution is 5.85. The van der Waals surface area contributed by atoms with Gasteiger partial charge in [-0.1, -0.05) is 0 Å². The summed E-state index contributed by atoms with van der Waals surface area (Å²) in [5, 5.41) is 7.81. The number of fused-ring (bicyclic) bond motifs is 2. The van der Waals surface area contributed by atoms with Gasteiger partial charge in [0.25, 0.3) is 5.56 Å². The van der Waals surface area contributed by atoms with Gasteiger partial charge in [0.05, 0.1) is 24.0 Å². The Labute approximate surface area is 188 Å². The van der Waals surface area contributed by atoms with E-state index >= 15 is 0 Å². The minimum Gasteiger partial charge on any atom is -0.307 e. The third-order valence-corrected chi connectivity index (χ3v) is 5.76. The number of anilines is 2. The van der Waals surface area contributed by atoms with Crippen LogP contribution >= 0.6 is 0 Å². The van der Waals surface area contributed by atoms with Gasteiger partial charge in [0.1, 0.15) is 11.5 Å². The molecule has 0 atom stereocenters. The summed E-state index contributed by atoms with van der Waals surface area (Å²) in [6, 6.07) is 7.28. The molecular weight excluding hydrogens is 428 g/mol. The van der Waals surface area contributed by atoms with Crippen LogP contribution in [0.4, 0.5) is 20.5 Å². The Morgan fingerprint density at radius 1 is 1.09 bits per heavy atom. The summed E-state index contributed by atoms with van der Waals surface area (Å²) in [7, 11) is 2.04. The number of benzene rings is 1. The minimum absolute atomic E-state index is 0.0661. The van der Waals surface area contributed by atoms with Crippen molar-refractivity contribution in [2.45, 2.75) is 33.0 Å². The van der Waals surface area contributed by atoms with Crippen LogP contribution < -0.4 is 10.9 Å². The van der Waals surface area contributed by atoms with Gasteiger partial charge in [-0.2, -0.15) is 5.10 Å². The highest BCUT2D eigenvalue weighted by Crippen LogP contribution is 2.29. The van der Waals surface area contributed by atoms with Gasteiger partial charge < -0.3 is 9.88 Å². The van der Waals surface area contributed by atoms with E-state index in [0.29, 0.717) is 11.3 Å². The summed E-state index contributed by atoms with van der Waals surface area (Å²) < 4.78 is 33.1. The van der Waals surface area contributed by atoms with E-state index in [2.05, 4.69) is 25.3 Å². The molecule has 0 amide bonds. The third-order valence-electron chi connectivity index (χ3n) is 5.76. The zero-order valence-electron chi connectivity index (χ0n) is 18.5. The lowest BCUT2D eigenvalue weighted by atomic mass is 10.1. The first-order chi connectivity index (χ1) is 15.8. The summed E-state index contributed by atoms with van der Waals surface area (Å²) in [6.45, 7) is 6.12. The van der Waals surface area contributed by atoms with Crippen LogP contribution in [0, 0.1) is 11.6 Å². The molecule has 1 aliphatic heterocycles. The number of hydrogen-bond acceptors (Lipinski definition) is 6. The van der Waals surface area contributed by atoms with E-state index in [1.54, 1.807) is 6.07 Å². The Morgan fingerprint density at radius 3 is 2.70 bits per heavy atom. The Bertz CT molecular complexity index is 1430. The molecule has 0 fully saturated rings. The normalized spacial score (nSPS) is 14.1. The zero-order chi connectivity index (χ0) is 23.3. The first kappa shape index (κ1) is 21.2.